The van der Waals surface area contributed by atoms with Crippen molar-refractivity contribution in [1.29, 1.82) is 0 Å². The Morgan fingerprint density at radius 3 is 2.29 bits per heavy atom. The maximum atomic E-state index is 6.33. The summed E-state index contributed by atoms with van der Waals surface area (Å²) in [5, 5.41) is 3.56. The van der Waals surface area contributed by atoms with Crippen LogP contribution in [0.2, 0.25) is 0 Å². The first kappa shape index (κ1) is 17.3. The predicted octanol–water partition coefficient (Wildman–Crippen LogP) is 5.06. The van der Waals surface area contributed by atoms with Gasteiger partial charge in [-0.25, -0.2) is 0 Å². The third-order valence-electron chi connectivity index (χ3n) is 5.98. The molecule has 2 fully saturated rings. The van der Waals surface area contributed by atoms with E-state index in [1.165, 1.54) is 83.5 Å². The highest BCUT2D eigenvalue weighted by Crippen LogP contribution is 2.52. The molecular weight excluding hydrogens is 258 g/mol. The third-order valence-corrected chi connectivity index (χ3v) is 5.98. The third kappa shape index (κ3) is 4.45. The molecule has 0 aromatic carbocycles. The monoisotopic (exact) mass is 295 g/mol. The second-order valence-electron chi connectivity index (χ2n) is 7.35. The topological polar surface area (TPSA) is 21.3 Å². The molecule has 0 saturated heterocycles. The summed E-state index contributed by atoms with van der Waals surface area (Å²) in [5.74, 6) is 0. The lowest BCUT2D eigenvalue weighted by Gasteiger charge is -2.56. The van der Waals surface area contributed by atoms with E-state index in [4.69, 9.17) is 4.74 Å². The van der Waals surface area contributed by atoms with E-state index in [0.717, 1.165) is 6.61 Å². The number of rotatable bonds is 9. The van der Waals surface area contributed by atoms with Gasteiger partial charge in [-0.3, -0.25) is 0 Å². The Morgan fingerprint density at radius 1 is 0.952 bits per heavy atom. The van der Waals surface area contributed by atoms with Crippen molar-refractivity contribution >= 4 is 0 Å². The number of unbranched alkanes of at least 4 members (excludes halogenated alkanes) is 5. The Bertz CT molecular complexity index is 271. The van der Waals surface area contributed by atoms with Gasteiger partial charge in [0.15, 0.2) is 0 Å². The summed E-state index contributed by atoms with van der Waals surface area (Å²) in [6.07, 6.45) is 18.4. The SMILES string of the molecule is CCCCCCCCOC1CC(NC)C12CCCCCC2. The fourth-order valence-corrected chi connectivity index (χ4v) is 4.55. The molecule has 2 heteroatoms. The molecule has 124 valence electrons. The van der Waals surface area contributed by atoms with E-state index in [0.29, 0.717) is 17.6 Å². The summed E-state index contributed by atoms with van der Waals surface area (Å²) in [6.45, 7) is 3.28. The molecule has 2 rings (SSSR count). The van der Waals surface area contributed by atoms with Crippen LogP contribution in [-0.4, -0.2) is 25.8 Å². The van der Waals surface area contributed by atoms with Crippen molar-refractivity contribution < 1.29 is 4.74 Å². The summed E-state index contributed by atoms with van der Waals surface area (Å²) >= 11 is 0. The van der Waals surface area contributed by atoms with Crippen molar-refractivity contribution in [3.8, 4) is 0 Å². The van der Waals surface area contributed by atoms with Gasteiger partial charge < -0.3 is 10.1 Å². The van der Waals surface area contributed by atoms with Crippen molar-refractivity contribution in [3.63, 3.8) is 0 Å². The van der Waals surface area contributed by atoms with Gasteiger partial charge in [0.25, 0.3) is 0 Å². The fourth-order valence-electron chi connectivity index (χ4n) is 4.55. The van der Waals surface area contributed by atoms with E-state index in [-0.39, 0.29) is 0 Å². The van der Waals surface area contributed by atoms with Gasteiger partial charge in [0, 0.05) is 18.1 Å². The van der Waals surface area contributed by atoms with E-state index in [9.17, 15) is 0 Å². The van der Waals surface area contributed by atoms with E-state index in [1.54, 1.807) is 0 Å². The molecule has 2 aliphatic rings. The average Bonchev–Trinajstić information content (AvgIpc) is 2.76. The van der Waals surface area contributed by atoms with Crippen molar-refractivity contribution in [2.75, 3.05) is 13.7 Å². The number of ether oxygens (including phenoxy) is 1. The summed E-state index contributed by atoms with van der Waals surface area (Å²) < 4.78 is 6.33. The Balaban J connectivity index is 1.67. The van der Waals surface area contributed by atoms with Gasteiger partial charge in [0.1, 0.15) is 0 Å². The molecule has 21 heavy (non-hydrogen) atoms. The van der Waals surface area contributed by atoms with Gasteiger partial charge in [0.2, 0.25) is 0 Å². The van der Waals surface area contributed by atoms with Crippen LogP contribution in [0.3, 0.4) is 0 Å². The minimum atomic E-state index is 0.480. The molecule has 2 saturated carbocycles. The molecule has 1 spiro atoms. The Kier molecular flexibility index (Phi) is 7.53. The van der Waals surface area contributed by atoms with Crippen LogP contribution in [0.5, 0.6) is 0 Å². The van der Waals surface area contributed by atoms with Crippen LogP contribution >= 0.6 is 0 Å². The zero-order valence-electron chi connectivity index (χ0n) is 14.5. The van der Waals surface area contributed by atoms with Gasteiger partial charge in [-0.1, -0.05) is 64.7 Å². The summed E-state index contributed by atoms with van der Waals surface area (Å²) in [4.78, 5) is 0. The number of hydrogen-bond acceptors (Lipinski definition) is 2. The van der Waals surface area contributed by atoms with Crippen LogP contribution in [0.15, 0.2) is 0 Å². The molecule has 2 nitrogen and oxygen atoms in total. The van der Waals surface area contributed by atoms with Crippen molar-refractivity contribution in [2.45, 2.75) is 103 Å². The van der Waals surface area contributed by atoms with Gasteiger partial charge in [0.05, 0.1) is 6.10 Å². The van der Waals surface area contributed by atoms with Crippen LogP contribution in [-0.2, 0) is 4.74 Å². The van der Waals surface area contributed by atoms with Gasteiger partial charge in [-0.05, 0) is 32.7 Å². The lowest BCUT2D eigenvalue weighted by Crippen LogP contribution is -2.63. The average molecular weight is 296 g/mol. The second-order valence-corrected chi connectivity index (χ2v) is 7.35. The molecule has 0 aliphatic heterocycles. The standard InChI is InChI=1S/C19H37NO/c1-3-4-5-6-9-12-15-21-18-16-17(20-2)19(18)13-10-7-8-11-14-19/h17-18,20H,3-16H2,1-2H3. The zero-order valence-corrected chi connectivity index (χ0v) is 14.5. The molecule has 0 aromatic heterocycles. The quantitative estimate of drug-likeness (QED) is 0.600. The lowest BCUT2D eigenvalue weighted by molar-refractivity contribution is -0.142. The summed E-state index contributed by atoms with van der Waals surface area (Å²) in [7, 11) is 2.14. The molecule has 0 aromatic rings. The molecule has 0 radical (unpaired) electrons. The van der Waals surface area contributed by atoms with Gasteiger partial charge in [-0.2, -0.15) is 0 Å². The van der Waals surface area contributed by atoms with Crippen LogP contribution in [0, 0.1) is 5.41 Å². The molecule has 2 unspecified atom stereocenters. The molecule has 2 aliphatic carbocycles. The summed E-state index contributed by atoms with van der Waals surface area (Å²) in [6, 6.07) is 0.713. The van der Waals surface area contributed by atoms with Crippen molar-refractivity contribution in [3.05, 3.63) is 0 Å². The largest absolute Gasteiger partial charge is 0.378 e. The molecule has 1 N–H and O–H groups in total. The lowest BCUT2D eigenvalue weighted by atomic mass is 9.58. The van der Waals surface area contributed by atoms with Crippen LogP contribution in [0.4, 0.5) is 0 Å². The minimum absolute atomic E-state index is 0.480. The highest BCUT2D eigenvalue weighted by atomic mass is 16.5. The maximum Gasteiger partial charge on any atom is 0.0661 e. The zero-order chi connectivity index (χ0) is 15.0. The van der Waals surface area contributed by atoms with E-state index in [1.807, 2.05) is 0 Å². The van der Waals surface area contributed by atoms with Gasteiger partial charge in [-0.15, -0.1) is 0 Å². The normalized spacial score (nSPS) is 28.3. The molecule has 2 atom stereocenters. The molecule has 0 heterocycles. The Hall–Kier alpha value is -0.0800. The molecule has 0 bridgehead atoms. The number of nitrogens with one attached hydrogen (secondary N) is 1. The molecule has 0 amide bonds. The first-order valence-corrected chi connectivity index (χ1v) is 9.62. The highest BCUT2D eigenvalue weighted by Gasteiger charge is 2.54. The van der Waals surface area contributed by atoms with Crippen LogP contribution in [0.25, 0.3) is 0 Å². The smallest absolute Gasteiger partial charge is 0.0661 e. The molecular formula is C19H37NO. The Morgan fingerprint density at radius 2 is 1.62 bits per heavy atom. The predicted molar refractivity (Wildman–Crippen MR) is 90.7 cm³/mol. The minimum Gasteiger partial charge on any atom is -0.378 e. The van der Waals surface area contributed by atoms with Crippen LogP contribution in [0.1, 0.15) is 90.4 Å². The highest BCUT2D eigenvalue weighted by molar-refractivity contribution is 5.07. The Labute approximate surface area is 132 Å². The van der Waals surface area contributed by atoms with Crippen molar-refractivity contribution in [1.82, 2.24) is 5.32 Å². The summed E-state index contributed by atoms with van der Waals surface area (Å²) in [5.41, 5.74) is 0.480. The second kappa shape index (κ2) is 9.15. The van der Waals surface area contributed by atoms with Crippen molar-refractivity contribution in [2.24, 2.45) is 5.41 Å². The van der Waals surface area contributed by atoms with Gasteiger partial charge >= 0.3 is 0 Å². The first-order chi connectivity index (χ1) is 10.3. The van der Waals surface area contributed by atoms with Crippen LogP contribution < -0.4 is 5.32 Å². The first-order valence-electron chi connectivity index (χ1n) is 9.62. The fraction of sp³-hybridized carbons (Fsp3) is 1.00. The van der Waals surface area contributed by atoms with E-state index >= 15 is 0 Å². The van der Waals surface area contributed by atoms with E-state index < -0.39 is 0 Å². The number of hydrogen-bond donors (Lipinski definition) is 1. The van der Waals surface area contributed by atoms with E-state index in [2.05, 4.69) is 19.3 Å². The maximum absolute atomic E-state index is 6.33.